The number of aromatic nitrogens is 3. The van der Waals surface area contributed by atoms with Gasteiger partial charge in [0.15, 0.2) is 17.3 Å². The van der Waals surface area contributed by atoms with Crippen molar-refractivity contribution in [2.45, 2.75) is 51.5 Å². The molecule has 9 nitrogen and oxygen atoms in total. The molecule has 2 aliphatic rings. The Hall–Kier alpha value is -4.44. The first-order chi connectivity index (χ1) is 19.8. The molecule has 2 aliphatic heterocycles. The summed E-state index contributed by atoms with van der Waals surface area (Å²) >= 11 is 0. The quantitative estimate of drug-likeness (QED) is 0.283. The Balaban J connectivity index is 1.16. The zero-order valence-corrected chi connectivity index (χ0v) is 22.9. The predicted molar refractivity (Wildman–Crippen MR) is 148 cm³/mol. The number of rotatable bonds is 8. The molecule has 2 aromatic heterocycles. The van der Waals surface area contributed by atoms with Gasteiger partial charge in [0.2, 0.25) is 0 Å². The molecule has 0 spiro atoms. The van der Waals surface area contributed by atoms with Crippen LogP contribution in [0.25, 0.3) is 6.08 Å². The van der Waals surface area contributed by atoms with E-state index in [0.29, 0.717) is 41.6 Å². The third-order valence-electron chi connectivity index (χ3n) is 7.79. The number of hydrogen-bond donors (Lipinski definition) is 1. The van der Waals surface area contributed by atoms with Gasteiger partial charge in [-0.1, -0.05) is 23.4 Å². The average Bonchev–Trinajstić information content (AvgIpc) is 3.67. The molecule has 6 rings (SSSR count). The minimum atomic E-state index is -1.23. The van der Waals surface area contributed by atoms with Gasteiger partial charge in [0.05, 0.1) is 36.7 Å². The number of carboxylic acids is 1. The fourth-order valence-electron chi connectivity index (χ4n) is 5.68. The maximum Gasteiger partial charge on any atom is 0.328 e. The summed E-state index contributed by atoms with van der Waals surface area (Å²) in [5, 5.41) is 12.9. The second-order valence-electron chi connectivity index (χ2n) is 10.7. The van der Waals surface area contributed by atoms with Crippen molar-refractivity contribution in [3.8, 4) is 11.5 Å². The summed E-state index contributed by atoms with van der Waals surface area (Å²) in [7, 11) is 0. The Morgan fingerprint density at radius 3 is 2.73 bits per heavy atom. The smallest absolute Gasteiger partial charge is 0.328 e. The van der Waals surface area contributed by atoms with Gasteiger partial charge in [0.25, 0.3) is 5.79 Å². The number of carboxylic acid groups (broad SMARTS) is 1. The molecule has 1 fully saturated rings. The van der Waals surface area contributed by atoms with Crippen LogP contribution in [0.4, 0.5) is 4.39 Å². The van der Waals surface area contributed by atoms with Crippen molar-refractivity contribution in [3.63, 3.8) is 0 Å². The molecule has 0 radical (unpaired) electrons. The third kappa shape index (κ3) is 5.47. The number of aryl methyl sites for hydroxylation is 1. The zero-order valence-electron chi connectivity index (χ0n) is 22.9. The van der Waals surface area contributed by atoms with Crippen LogP contribution in [0, 0.1) is 12.7 Å². The number of carbonyl (C=O) groups is 1. The summed E-state index contributed by atoms with van der Waals surface area (Å²) in [6, 6.07) is 12.8. The average molecular weight is 559 g/mol. The number of para-hydroxylation sites is 1. The molecule has 4 aromatic rings. The maximum atomic E-state index is 14.9. The van der Waals surface area contributed by atoms with Gasteiger partial charge in [-0.2, -0.15) is 0 Å². The number of imidazole rings is 1. The van der Waals surface area contributed by atoms with Crippen LogP contribution in [0.1, 0.15) is 59.7 Å². The highest BCUT2D eigenvalue weighted by Crippen LogP contribution is 2.49. The number of aliphatic carboxylic acids is 1. The molecular weight excluding hydrogens is 527 g/mol. The van der Waals surface area contributed by atoms with E-state index >= 15 is 0 Å². The second-order valence-corrected chi connectivity index (χ2v) is 10.7. The summed E-state index contributed by atoms with van der Waals surface area (Å²) in [5.74, 6) is 0.451. The van der Waals surface area contributed by atoms with Gasteiger partial charge in [-0.3, -0.25) is 4.90 Å². The van der Waals surface area contributed by atoms with Crippen LogP contribution in [0.5, 0.6) is 11.5 Å². The lowest BCUT2D eigenvalue weighted by molar-refractivity contribution is -0.131. The Labute approximate surface area is 236 Å². The highest BCUT2D eigenvalue weighted by molar-refractivity contribution is 5.84. The summed E-state index contributed by atoms with van der Waals surface area (Å²) in [4.78, 5) is 18.0. The van der Waals surface area contributed by atoms with E-state index in [4.69, 9.17) is 19.1 Å². The number of benzene rings is 2. The first-order valence-electron chi connectivity index (χ1n) is 13.6. The molecule has 0 aliphatic carbocycles. The lowest BCUT2D eigenvalue weighted by atomic mass is 9.88. The third-order valence-corrected chi connectivity index (χ3v) is 7.79. The minimum Gasteiger partial charge on any atom is -0.478 e. The summed E-state index contributed by atoms with van der Waals surface area (Å²) in [5.41, 5.74) is 2.97. The molecule has 0 amide bonds. The molecule has 0 saturated carbocycles. The minimum absolute atomic E-state index is 0.262. The van der Waals surface area contributed by atoms with Gasteiger partial charge in [0.1, 0.15) is 11.6 Å². The van der Waals surface area contributed by atoms with Crippen LogP contribution < -0.4 is 9.47 Å². The number of nitrogens with zero attached hydrogens (tertiary/aromatic N) is 4. The van der Waals surface area contributed by atoms with Crippen LogP contribution in [-0.2, 0) is 23.7 Å². The molecule has 10 heteroatoms. The van der Waals surface area contributed by atoms with Crippen LogP contribution in [0.3, 0.4) is 0 Å². The number of halogens is 1. The monoisotopic (exact) mass is 558 g/mol. The van der Waals surface area contributed by atoms with E-state index in [1.807, 2.05) is 29.7 Å². The van der Waals surface area contributed by atoms with E-state index in [1.165, 1.54) is 12.1 Å². The fraction of sp³-hybridized carbons (Fsp3) is 0.323. The van der Waals surface area contributed by atoms with Crippen molar-refractivity contribution in [2.75, 3.05) is 13.1 Å². The van der Waals surface area contributed by atoms with Crippen molar-refractivity contribution < 1.29 is 28.3 Å². The number of likely N-dealkylation sites (tertiary alicyclic amines) is 1. The summed E-state index contributed by atoms with van der Waals surface area (Å²) in [6.45, 7) is 6.30. The van der Waals surface area contributed by atoms with E-state index < -0.39 is 11.8 Å². The first-order valence-corrected chi connectivity index (χ1v) is 13.6. The second kappa shape index (κ2) is 10.9. The molecule has 1 saturated heterocycles. The van der Waals surface area contributed by atoms with Crippen LogP contribution in [0.2, 0.25) is 0 Å². The Morgan fingerprint density at radius 1 is 1.17 bits per heavy atom. The van der Waals surface area contributed by atoms with E-state index in [2.05, 4.69) is 21.1 Å². The number of hydrogen-bond acceptors (Lipinski definition) is 7. The molecular formula is C31H31FN4O5. The summed E-state index contributed by atoms with van der Waals surface area (Å²) in [6.07, 6.45) is 7.71. The number of piperidine rings is 1. The van der Waals surface area contributed by atoms with Crippen molar-refractivity contribution in [1.29, 1.82) is 0 Å². The highest BCUT2D eigenvalue weighted by atomic mass is 19.1. The van der Waals surface area contributed by atoms with Crippen molar-refractivity contribution in [1.82, 2.24) is 19.6 Å². The van der Waals surface area contributed by atoms with Gasteiger partial charge in [-0.15, -0.1) is 0 Å². The molecule has 0 bridgehead atoms. The Kier molecular flexibility index (Phi) is 7.08. The van der Waals surface area contributed by atoms with Gasteiger partial charge >= 0.3 is 5.97 Å². The van der Waals surface area contributed by atoms with Crippen molar-refractivity contribution in [3.05, 3.63) is 101 Å². The normalized spacial score (nSPS) is 19.3. The Bertz CT molecular complexity index is 1590. The predicted octanol–water partition coefficient (Wildman–Crippen LogP) is 5.49. The van der Waals surface area contributed by atoms with Crippen molar-refractivity contribution in [2.24, 2.45) is 0 Å². The lowest BCUT2D eigenvalue weighted by Gasteiger charge is -2.32. The molecule has 1 unspecified atom stereocenters. The first kappa shape index (κ1) is 26.8. The maximum absolute atomic E-state index is 14.9. The topological polar surface area (TPSA) is 103 Å². The lowest BCUT2D eigenvalue weighted by Crippen LogP contribution is -2.34. The van der Waals surface area contributed by atoms with Gasteiger partial charge in [-0.05, 0) is 68.6 Å². The van der Waals surface area contributed by atoms with E-state index in [0.717, 1.165) is 49.0 Å². The fourth-order valence-corrected chi connectivity index (χ4v) is 5.68. The molecule has 1 N–H and O–H groups in total. The highest BCUT2D eigenvalue weighted by Gasteiger charge is 2.42. The number of ether oxygens (including phenoxy) is 2. The largest absolute Gasteiger partial charge is 0.478 e. The zero-order chi connectivity index (χ0) is 28.6. The van der Waals surface area contributed by atoms with Crippen LogP contribution >= 0.6 is 0 Å². The van der Waals surface area contributed by atoms with Gasteiger partial charge in [-0.25, -0.2) is 14.2 Å². The molecule has 2 aromatic carbocycles. The van der Waals surface area contributed by atoms with Gasteiger partial charge < -0.3 is 23.7 Å². The van der Waals surface area contributed by atoms with E-state index in [1.54, 1.807) is 31.5 Å². The molecule has 212 valence electrons. The van der Waals surface area contributed by atoms with E-state index in [9.17, 15) is 9.18 Å². The van der Waals surface area contributed by atoms with Crippen LogP contribution in [0.15, 0.2) is 65.5 Å². The molecule has 1 atom stereocenters. The van der Waals surface area contributed by atoms with Crippen LogP contribution in [-0.4, -0.2) is 43.8 Å². The van der Waals surface area contributed by atoms with Gasteiger partial charge in [0, 0.05) is 24.6 Å². The standard InChI is InChI=1S/C31H31FN4O5/c1-20-6-8-25(26(32)16-20)31(2)39-27-5-3-4-24(30(27)40-31)21-11-14-35(15-12-21)19-28-33-17-22(7-9-29(37)38)36(28)18-23-10-13-34-41-23/h3-10,13,16-17,21H,11-12,14-15,18-19H2,1-2H3,(H,37,38)/b9-7+. The molecule has 4 heterocycles. The van der Waals surface area contributed by atoms with Crippen molar-refractivity contribution >= 4 is 12.0 Å². The number of fused-ring (bicyclic) bond motifs is 1. The molecule has 41 heavy (non-hydrogen) atoms. The van der Waals surface area contributed by atoms with E-state index in [-0.39, 0.29) is 11.7 Å². The Morgan fingerprint density at radius 2 is 2.00 bits per heavy atom. The summed E-state index contributed by atoms with van der Waals surface area (Å²) < 4.78 is 34.6. The SMILES string of the molecule is Cc1ccc(C2(C)Oc3cccc(C4CCN(Cc5ncc(/C=C/C(=O)O)n5Cc5ccno5)CC4)c3O2)c(F)c1.